The number of rotatable bonds is 1. The molecule has 0 unspecified atom stereocenters. The zero-order chi connectivity index (χ0) is 13.6. The molecule has 0 saturated carbocycles. The van der Waals surface area contributed by atoms with Gasteiger partial charge in [0.15, 0.2) is 0 Å². The fraction of sp³-hybridized carbons (Fsp3) is 0.429. The van der Waals surface area contributed by atoms with E-state index in [0.29, 0.717) is 0 Å². The van der Waals surface area contributed by atoms with Crippen LogP contribution in [0, 0.1) is 11.3 Å². The normalized spacial score (nSPS) is 27.6. The Kier molecular flexibility index (Phi) is 2.87. The summed E-state index contributed by atoms with van der Waals surface area (Å²) in [6, 6.07) is 11.0. The second-order valence-corrected chi connectivity index (χ2v) is 6.08. The molecule has 0 aromatic heterocycles. The van der Waals surface area contributed by atoms with Crippen LogP contribution in [0.15, 0.2) is 30.3 Å². The molecule has 1 heterocycles. The van der Waals surface area contributed by atoms with Crippen LogP contribution in [0.4, 0.5) is 0 Å². The summed E-state index contributed by atoms with van der Waals surface area (Å²) in [5.74, 6) is -0.312. The van der Waals surface area contributed by atoms with Gasteiger partial charge >= 0.3 is 0 Å². The van der Waals surface area contributed by atoms with Crippen molar-refractivity contribution in [1.82, 2.24) is 4.90 Å². The predicted molar refractivity (Wildman–Crippen MR) is 70.0 cm³/mol. The van der Waals surface area contributed by atoms with Crippen LogP contribution in [-0.2, 0) is 4.79 Å². The van der Waals surface area contributed by atoms with Crippen molar-refractivity contribution in [2.45, 2.75) is 37.2 Å². The first-order chi connectivity index (χ1) is 8.32. The summed E-state index contributed by atoms with van der Waals surface area (Å²) in [7, 11) is 0. The SMILES string of the molecule is CC(C)(C)N1C(=O)[C@@](Cl)(C#N)[C@@H]1c1ccccc1. The number of amides is 1. The van der Waals surface area contributed by atoms with E-state index >= 15 is 0 Å². The summed E-state index contributed by atoms with van der Waals surface area (Å²) < 4.78 is 0. The lowest BCUT2D eigenvalue weighted by Gasteiger charge is -2.55. The lowest BCUT2D eigenvalue weighted by Crippen LogP contribution is -2.69. The number of likely N-dealkylation sites (tertiary alicyclic amines) is 1. The molecule has 1 amide bonds. The van der Waals surface area contributed by atoms with Gasteiger partial charge in [0.05, 0.1) is 12.1 Å². The van der Waals surface area contributed by atoms with Gasteiger partial charge < -0.3 is 4.90 Å². The van der Waals surface area contributed by atoms with Gasteiger partial charge in [-0.3, -0.25) is 4.79 Å². The monoisotopic (exact) mass is 262 g/mol. The number of halogens is 1. The lowest BCUT2D eigenvalue weighted by molar-refractivity contribution is -0.158. The van der Waals surface area contributed by atoms with E-state index in [-0.39, 0.29) is 11.4 Å². The third kappa shape index (κ3) is 1.69. The highest BCUT2D eigenvalue weighted by Crippen LogP contribution is 2.50. The Morgan fingerprint density at radius 3 is 2.33 bits per heavy atom. The fourth-order valence-corrected chi connectivity index (χ4v) is 2.65. The fourth-order valence-electron chi connectivity index (χ4n) is 2.34. The van der Waals surface area contributed by atoms with Gasteiger partial charge in [-0.05, 0) is 26.3 Å². The third-order valence-electron chi connectivity index (χ3n) is 3.17. The molecule has 1 aromatic rings. The van der Waals surface area contributed by atoms with Gasteiger partial charge in [0.2, 0.25) is 4.87 Å². The first kappa shape index (κ1) is 12.9. The number of hydrogen-bond acceptors (Lipinski definition) is 2. The van der Waals surface area contributed by atoms with E-state index in [0.717, 1.165) is 5.56 Å². The maximum absolute atomic E-state index is 12.1. The molecular formula is C14H15ClN2O. The number of nitrogens with zero attached hydrogens (tertiary/aromatic N) is 2. The molecule has 0 aliphatic carbocycles. The highest BCUT2D eigenvalue weighted by Gasteiger charge is 2.64. The minimum Gasteiger partial charge on any atom is -0.325 e. The Hall–Kier alpha value is -1.53. The van der Waals surface area contributed by atoms with Gasteiger partial charge in [-0.2, -0.15) is 5.26 Å². The average Bonchev–Trinajstić information content (AvgIpc) is 2.33. The van der Waals surface area contributed by atoms with Crippen LogP contribution in [0.2, 0.25) is 0 Å². The Labute approximate surface area is 112 Å². The number of benzene rings is 1. The molecule has 1 fully saturated rings. The van der Waals surface area contributed by atoms with Crippen molar-refractivity contribution < 1.29 is 4.79 Å². The van der Waals surface area contributed by atoms with Crippen molar-refractivity contribution in [3.05, 3.63) is 35.9 Å². The van der Waals surface area contributed by atoms with Crippen molar-refractivity contribution in [3.63, 3.8) is 0 Å². The Morgan fingerprint density at radius 2 is 1.89 bits per heavy atom. The summed E-state index contributed by atoms with van der Waals surface area (Å²) in [6.45, 7) is 5.82. The Bertz CT molecular complexity index is 515. The average molecular weight is 263 g/mol. The van der Waals surface area contributed by atoms with E-state index in [1.165, 1.54) is 0 Å². The van der Waals surface area contributed by atoms with Crippen LogP contribution >= 0.6 is 11.6 Å². The van der Waals surface area contributed by atoms with E-state index in [4.69, 9.17) is 11.6 Å². The van der Waals surface area contributed by atoms with Crippen LogP contribution in [0.1, 0.15) is 32.4 Å². The minimum absolute atomic E-state index is 0.312. The zero-order valence-corrected chi connectivity index (χ0v) is 11.4. The summed E-state index contributed by atoms with van der Waals surface area (Å²) in [5, 5.41) is 9.20. The van der Waals surface area contributed by atoms with Crippen LogP contribution in [0.25, 0.3) is 0 Å². The molecule has 2 atom stereocenters. The van der Waals surface area contributed by atoms with Crippen LogP contribution in [-0.4, -0.2) is 21.2 Å². The summed E-state index contributed by atoms with van der Waals surface area (Å²) in [5.41, 5.74) is 0.538. The molecule has 1 aliphatic heterocycles. The molecule has 4 heteroatoms. The maximum atomic E-state index is 12.1. The van der Waals surface area contributed by atoms with Crippen LogP contribution < -0.4 is 0 Å². The third-order valence-corrected chi connectivity index (χ3v) is 3.62. The quantitative estimate of drug-likeness (QED) is 0.577. The first-order valence-electron chi connectivity index (χ1n) is 5.81. The molecule has 3 nitrogen and oxygen atoms in total. The zero-order valence-electron chi connectivity index (χ0n) is 10.6. The van der Waals surface area contributed by atoms with Crippen LogP contribution in [0.3, 0.4) is 0 Å². The largest absolute Gasteiger partial charge is 0.325 e. The summed E-state index contributed by atoms with van der Waals surface area (Å²) in [4.78, 5) is 12.3. The van der Waals surface area contributed by atoms with Gasteiger partial charge in [-0.1, -0.05) is 41.9 Å². The number of β-lactam (4-membered cyclic amide) rings is 1. The molecule has 0 N–H and O–H groups in total. The number of carbonyl (C=O) groups is 1. The van der Waals surface area contributed by atoms with Crippen molar-refractivity contribution in [1.29, 1.82) is 5.26 Å². The van der Waals surface area contributed by atoms with Crippen molar-refractivity contribution >= 4 is 17.5 Å². The number of carbonyl (C=O) groups excluding carboxylic acids is 1. The lowest BCUT2D eigenvalue weighted by atomic mass is 9.78. The van der Waals surface area contributed by atoms with Gasteiger partial charge in [-0.25, -0.2) is 0 Å². The molecule has 0 spiro atoms. The Morgan fingerprint density at radius 1 is 1.33 bits per heavy atom. The van der Waals surface area contributed by atoms with E-state index in [9.17, 15) is 10.1 Å². The van der Waals surface area contributed by atoms with Crippen LogP contribution in [0.5, 0.6) is 0 Å². The van der Waals surface area contributed by atoms with Crippen molar-refractivity contribution in [2.24, 2.45) is 0 Å². The van der Waals surface area contributed by atoms with E-state index in [1.54, 1.807) is 4.90 Å². The smallest absolute Gasteiger partial charge is 0.261 e. The highest BCUT2D eigenvalue weighted by atomic mass is 35.5. The molecule has 0 bridgehead atoms. The molecule has 2 rings (SSSR count). The topological polar surface area (TPSA) is 44.1 Å². The predicted octanol–water partition coefficient (Wildman–Crippen LogP) is 2.87. The van der Waals surface area contributed by atoms with Crippen molar-refractivity contribution in [3.8, 4) is 6.07 Å². The van der Waals surface area contributed by atoms with E-state index < -0.39 is 10.9 Å². The van der Waals surface area contributed by atoms with Gasteiger partial charge in [0.25, 0.3) is 5.91 Å². The molecular weight excluding hydrogens is 248 g/mol. The van der Waals surface area contributed by atoms with Crippen molar-refractivity contribution in [2.75, 3.05) is 0 Å². The first-order valence-corrected chi connectivity index (χ1v) is 6.19. The second kappa shape index (κ2) is 4.00. The number of hydrogen-bond donors (Lipinski definition) is 0. The van der Waals surface area contributed by atoms with Gasteiger partial charge in [0, 0.05) is 5.54 Å². The molecule has 0 radical (unpaired) electrons. The number of nitriles is 1. The highest BCUT2D eigenvalue weighted by molar-refractivity contribution is 6.40. The van der Waals surface area contributed by atoms with Gasteiger partial charge in [0.1, 0.15) is 0 Å². The molecule has 94 valence electrons. The molecule has 1 aliphatic rings. The second-order valence-electron chi connectivity index (χ2n) is 5.48. The van der Waals surface area contributed by atoms with E-state index in [1.807, 2.05) is 57.2 Å². The Balaban J connectivity index is 2.48. The van der Waals surface area contributed by atoms with Gasteiger partial charge in [-0.15, -0.1) is 0 Å². The maximum Gasteiger partial charge on any atom is 0.261 e. The molecule has 1 aromatic carbocycles. The summed E-state index contributed by atoms with van der Waals surface area (Å²) in [6.07, 6.45) is 0. The standard InChI is InChI=1S/C14H15ClN2O/c1-13(2,3)17-11(10-7-5-4-6-8-10)14(15,9-16)12(17)18/h4-8,11H,1-3H3/t11-,14+/m0/s1. The molecule has 1 saturated heterocycles. The molecule has 18 heavy (non-hydrogen) atoms. The van der Waals surface area contributed by atoms with E-state index in [2.05, 4.69) is 0 Å². The minimum atomic E-state index is -1.46. The number of alkyl halides is 1. The summed E-state index contributed by atoms with van der Waals surface area (Å²) >= 11 is 6.19.